The number of nitrogens with one attached hydrogen (secondary N) is 1. The van der Waals surface area contributed by atoms with E-state index in [0.717, 1.165) is 24.1 Å². The van der Waals surface area contributed by atoms with Crippen molar-refractivity contribution in [3.05, 3.63) is 27.3 Å². The molecule has 0 atom stereocenters. The zero-order valence-electron chi connectivity index (χ0n) is 10.3. The van der Waals surface area contributed by atoms with Crippen LogP contribution in [0.5, 0.6) is 0 Å². The number of halogens is 1. The summed E-state index contributed by atoms with van der Waals surface area (Å²) < 4.78 is 1.20. The van der Waals surface area contributed by atoms with Gasteiger partial charge in [-0.1, -0.05) is 19.8 Å². The largest absolute Gasteiger partial charge is 0.325 e. The second-order valence-corrected chi connectivity index (χ2v) is 6.43. The number of benzene rings is 1. The van der Waals surface area contributed by atoms with E-state index in [1.165, 1.54) is 16.4 Å². The molecule has 0 unspecified atom stereocenters. The van der Waals surface area contributed by atoms with Crippen LogP contribution in [0.2, 0.25) is 0 Å². The number of hydrogen-bond acceptors (Lipinski definition) is 1. The van der Waals surface area contributed by atoms with Crippen molar-refractivity contribution in [3.63, 3.8) is 0 Å². The standard InChI is InChI=1S/C14H18INO/c1-10-9-11(15)5-6-12(10)16-13(17)14(2)7-3-4-8-14/h5-6,9H,3-4,7-8H2,1-2H3,(H,16,17). The van der Waals surface area contributed by atoms with Crippen molar-refractivity contribution >= 4 is 34.2 Å². The van der Waals surface area contributed by atoms with Gasteiger partial charge < -0.3 is 5.32 Å². The average molecular weight is 343 g/mol. The van der Waals surface area contributed by atoms with E-state index in [2.05, 4.69) is 40.9 Å². The van der Waals surface area contributed by atoms with Gasteiger partial charge in [0.15, 0.2) is 0 Å². The van der Waals surface area contributed by atoms with Gasteiger partial charge in [0, 0.05) is 14.7 Å². The summed E-state index contributed by atoms with van der Waals surface area (Å²) in [4.78, 5) is 12.3. The number of hydrogen-bond donors (Lipinski definition) is 1. The lowest BCUT2D eigenvalue weighted by Crippen LogP contribution is -2.31. The van der Waals surface area contributed by atoms with Gasteiger partial charge in [-0.3, -0.25) is 4.79 Å². The smallest absolute Gasteiger partial charge is 0.230 e. The molecule has 1 saturated carbocycles. The van der Waals surface area contributed by atoms with Gasteiger partial charge >= 0.3 is 0 Å². The van der Waals surface area contributed by atoms with Gasteiger partial charge in [0.1, 0.15) is 0 Å². The van der Waals surface area contributed by atoms with Crippen molar-refractivity contribution in [1.82, 2.24) is 0 Å². The van der Waals surface area contributed by atoms with Crippen LogP contribution in [0.3, 0.4) is 0 Å². The van der Waals surface area contributed by atoms with E-state index in [-0.39, 0.29) is 11.3 Å². The maximum atomic E-state index is 12.3. The molecule has 2 nitrogen and oxygen atoms in total. The highest BCUT2D eigenvalue weighted by Crippen LogP contribution is 2.38. The molecule has 3 heteroatoms. The molecule has 1 aliphatic carbocycles. The minimum absolute atomic E-state index is 0.157. The fourth-order valence-corrected chi connectivity index (χ4v) is 3.07. The Bertz CT molecular complexity index is 436. The maximum absolute atomic E-state index is 12.3. The van der Waals surface area contributed by atoms with Crippen LogP contribution in [0, 0.1) is 15.9 Å². The van der Waals surface area contributed by atoms with Crippen molar-refractivity contribution in [2.75, 3.05) is 5.32 Å². The van der Waals surface area contributed by atoms with Crippen LogP contribution in [-0.4, -0.2) is 5.91 Å². The first-order valence-corrected chi connectivity index (χ1v) is 7.17. The molecule has 0 aromatic heterocycles. The van der Waals surface area contributed by atoms with Crippen molar-refractivity contribution in [2.24, 2.45) is 5.41 Å². The van der Waals surface area contributed by atoms with Crippen LogP contribution in [0.4, 0.5) is 5.69 Å². The third-order valence-electron chi connectivity index (χ3n) is 3.69. The molecule has 2 rings (SSSR count). The van der Waals surface area contributed by atoms with E-state index < -0.39 is 0 Å². The first-order chi connectivity index (χ1) is 8.01. The van der Waals surface area contributed by atoms with Crippen LogP contribution in [0.15, 0.2) is 18.2 Å². The molecule has 17 heavy (non-hydrogen) atoms. The lowest BCUT2D eigenvalue weighted by atomic mass is 9.87. The summed E-state index contributed by atoms with van der Waals surface area (Å²) in [6.45, 7) is 4.12. The van der Waals surface area contributed by atoms with Crippen molar-refractivity contribution in [3.8, 4) is 0 Å². The van der Waals surface area contributed by atoms with Crippen LogP contribution in [-0.2, 0) is 4.79 Å². The van der Waals surface area contributed by atoms with E-state index in [1.54, 1.807) is 0 Å². The fourth-order valence-electron chi connectivity index (χ4n) is 2.42. The van der Waals surface area contributed by atoms with Gasteiger partial charge in [-0.05, 0) is 66.1 Å². The van der Waals surface area contributed by atoms with E-state index in [0.29, 0.717) is 0 Å². The summed E-state index contributed by atoms with van der Waals surface area (Å²) in [6, 6.07) is 6.11. The van der Waals surface area contributed by atoms with Gasteiger partial charge in [0.2, 0.25) is 5.91 Å². The normalized spacial score (nSPS) is 18.1. The second kappa shape index (κ2) is 4.96. The zero-order valence-corrected chi connectivity index (χ0v) is 12.5. The van der Waals surface area contributed by atoms with Gasteiger partial charge in [0.25, 0.3) is 0 Å². The van der Waals surface area contributed by atoms with Gasteiger partial charge in [-0.15, -0.1) is 0 Å². The molecule has 1 amide bonds. The maximum Gasteiger partial charge on any atom is 0.230 e. The Morgan fingerprint density at radius 3 is 2.59 bits per heavy atom. The first kappa shape index (κ1) is 12.9. The number of carbonyl (C=O) groups excluding carboxylic acids is 1. The van der Waals surface area contributed by atoms with Crippen LogP contribution >= 0.6 is 22.6 Å². The highest BCUT2D eigenvalue weighted by atomic mass is 127. The Balaban J connectivity index is 2.13. The SMILES string of the molecule is Cc1cc(I)ccc1NC(=O)C1(C)CCCC1. The quantitative estimate of drug-likeness (QED) is 0.805. The molecule has 1 aromatic rings. The van der Waals surface area contributed by atoms with E-state index in [1.807, 2.05) is 19.1 Å². The summed E-state index contributed by atoms with van der Waals surface area (Å²) in [6.07, 6.45) is 4.38. The Kier molecular flexibility index (Phi) is 3.76. The van der Waals surface area contributed by atoms with E-state index in [9.17, 15) is 4.79 Å². The van der Waals surface area contributed by atoms with Crippen molar-refractivity contribution in [1.29, 1.82) is 0 Å². The predicted molar refractivity (Wildman–Crippen MR) is 79.1 cm³/mol. The number of rotatable bonds is 2. The molecule has 1 N–H and O–H groups in total. The lowest BCUT2D eigenvalue weighted by molar-refractivity contribution is -0.124. The first-order valence-electron chi connectivity index (χ1n) is 6.09. The molecular formula is C14H18INO. The third-order valence-corrected chi connectivity index (χ3v) is 4.36. The fraction of sp³-hybridized carbons (Fsp3) is 0.500. The van der Waals surface area contributed by atoms with E-state index >= 15 is 0 Å². The van der Waals surface area contributed by atoms with Gasteiger partial charge in [0.05, 0.1) is 0 Å². The average Bonchev–Trinajstić information content (AvgIpc) is 2.71. The third kappa shape index (κ3) is 2.81. The Hall–Kier alpha value is -0.580. The molecule has 0 saturated heterocycles. The zero-order chi connectivity index (χ0) is 12.5. The molecule has 0 bridgehead atoms. The molecule has 0 aliphatic heterocycles. The summed E-state index contributed by atoms with van der Waals surface area (Å²) in [7, 11) is 0. The van der Waals surface area contributed by atoms with Crippen LogP contribution < -0.4 is 5.32 Å². The summed E-state index contributed by atoms with van der Waals surface area (Å²) in [5.74, 6) is 0.180. The molecule has 1 aromatic carbocycles. The second-order valence-electron chi connectivity index (χ2n) is 5.18. The molecule has 0 radical (unpaired) electrons. The molecule has 92 valence electrons. The highest BCUT2D eigenvalue weighted by molar-refractivity contribution is 14.1. The van der Waals surface area contributed by atoms with Gasteiger partial charge in [-0.2, -0.15) is 0 Å². The summed E-state index contributed by atoms with van der Waals surface area (Å²) >= 11 is 2.28. The Morgan fingerprint density at radius 2 is 2.00 bits per heavy atom. The number of carbonyl (C=O) groups is 1. The van der Waals surface area contributed by atoms with Crippen LogP contribution in [0.25, 0.3) is 0 Å². The number of amides is 1. The molecule has 1 aliphatic rings. The molecule has 1 fully saturated rings. The highest BCUT2D eigenvalue weighted by Gasteiger charge is 2.36. The van der Waals surface area contributed by atoms with Crippen LogP contribution in [0.1, 0.15) is 38.2 Å². The molecular weight excluding hydrogens is 325 g/mol. The van der Waals surface area contributed by atoms with Gasteiger partial charge in [-0.25, -0.2) is 0 Å². The lowest BCUT2D eigenvalue weighted by Gasteiger charge is -2.22. The summed E-state index contributed by atoms with van der Waals surface area (Å²) in [5, 5.41) is 3.08. The monoisotopic (exact) mass is 343 g/mol. The molecule has 0 spiro atoms. The Labute approximate surface area is 116 Å². The van der Waals surface area contributed by atoms with Crippen molar-refractivity contribution in [2.45, 2.75) is 39.5 Å². The van der Waals surface area contributed by atoms with E-state index in [4.69, 9.17) is 0 Å². The minimum atomic E-state index is -0.157. The Morgan fingerprint density at radius 1 is 1.35 bits per heavy atom. The summed E-state index contributed by atoms with van der Waals surface area (Å²) in [5.41, 5.74) is 1.92. The molecule has 0 heterocycles. The minimum Gasteiger partial charge on any atom is -0.325 e. The predicted octanol–water partition coefficient (Wildman–Crippen LogP) is 4.12. The topological polar surface area (TPSA) is 29.1 Å². The number of anilines is 1. The number of aryl methyl sites for hydroxylation is 1. The van der Waals surface area contributed by atoms with Crippen molar-refractivity contribution < 1.29 is 4.79 Å².